The highest BCUT2D eigenvalue weighted by Crippen LogP contribution is 2.14. The molecule has 0 fully saturated rings. The summed E-state index contributed by atoms with van der Waals surface area (Å²) in [7, 11) is 0. The predicted molar refractivity (Wildman–Crippen MR) is 182 cm³/mol. The number of unbranched alkanes of at least 4 members (excludes halogenated alkanes) is 25. The number of carbonyl (C=O) groups is 1. The standard InChI is InChI=1S/C38H74O4/c1-3-5-7-9-11-13-15-17-19-20-22-24-26-28-30-32-34-41-36-37(35-39)42-38(40)33-31-29-27-25-23-21-18-16-14-12-10-8-6-4-2/h17,19,37,39H,3-16,18,20-36H2,1-2H3/b19-17-. The van der Waals surface area contributed by atoms with Crippen molar-refractivity contribution >= 4 is 5.97 Å². The molecular weight excluding hydrogens is 520 g/mol. The van der Waals surface area contributed by atoms with Crippen LogP contribution in [0.3, 0.4) is 0 Å². The summed E-state index contributed by atoms with van der Waals surface area (Å²) in [6, 6.07) is 0. The van der Waals surface area contributed by atoms with Crippen molar-refractivity contribution in [2.75, 3.05) is 19.8 Å². The number of allylic oxidation sites excluding steroid dienone is 2. The maximum Gasteiger partial charge on any atom is 0.306 e. The fourth-order valence-corrected chi connectivity index (χ4v) is 5.50. The predicted octanol–water partition coefficient (Wildman–Crippen LogP) is 11.8. The SMILES string of the molecule is CCCCCCCC/C=C\CCCCCCCCOCC(CO)OC(=O)CCCCCCCCCCCCCCCC. The first kappa shape index (κ1) is 41.1. The molecule has 0 aromatic heterocycles. The normalized spacial score (nSPS) is 12.4. The Bertz CT molecular complexity index is 547. The van der Waals surface area contributed by atoms with E-state index in [0.717, 1.165) is 19.3 Å². The zero-order chi connectivity index (χ0) is 30.6. The molecule has 42 heavy (non-hydrogen) atoms. The minimum Gasteiger partial charge on any atom is -0.457 e. The molecule has 1 atom stereocenters. The molecule has 0 radical (unpaired) electrons. The summed E-state index contributed by atoms with van der Waals surface area (Å²) < 4.78 is 11.1. The van der Waals surface area contributed by atoms with E-state index in [-0.39, 0.29) is 12.6 Å². The van der Waals surface area contributed by atoms with Gasteiger partial charge in [0, 0.05) is 13.0 Å². The summed E-state index contributed by atoms with van der Waals surface area (Å²) in [4.78, 5) is 12.1. The van der Waals surface area contributed by atoms with E-state index in [0.29, 0.717) is 19.6 Å². The first-order valence-corrected chi connectivity index (χ1v) is 18.8. The van der Waals surface area contributed by atoms with Crippen molar-refractivity contribution < 1.29 is 19.4 Å². The van der Waals surface area contributed by atoms with Crippen LogP contribution in [-0.4, -0.2) is 37.0 Å². The second-order valence-corrected chi connectivity index (χ2v) is 12.7. The number of hydrogen-bond acceptors (Lipinski definition) is 4. The van der Waals surface area contributed by atoms with Crippen molar-refractivity contribution in [1.82, 2.24) is 0 Å². The zero-order valence-corrected chi connectivity index (χ0v) is 28.5. The molecule has 0 saturated carbocycles. The summed E-state index contributed by atoms with van der Waals surface area (Å²) >= 11 is 0. The van der Waals surface area contributed by atoms with E-state index in [1.54, 1.807) is 0 Å². The Morgan fingerprint density at radius 2 is 0.929 bits per heavy atom. The molecule has 0 aromatic carbocycles. The Morgan fingerprint density at radius 1 is 0.548 bits per heavy atom. The van der Waals surface area contributed by atoms with Crippen LogP contribution in [-0.2, 0) is 14.3 Å². The lowest BCUT2D eigenvalue weighted by Crippen LogP contribution is -2.27. The molecule has 0 spiro atoms. The molecular formula is C38H74O4. The van der Waals surface area contributed by atoms with Crippen molar-refractivity contribution in [1.29, 1.82) is 0 Å². The van der Waals surface area contributed by atoms with Gasteiger partial charge in [-0.15, -0.1) is 0 Å². The van der Waals surface area contributed by atoms with Gasteiger partial charge in [-0.2, -0.15) is 0 Å². The number of aliphatic hydroxyl groups excluding tert-OH is 1. The molecule has 0 rings (SSSR count). The first-order chi connectivity index (χ1) is 20.7. The molecule has 0 aromatic rings. The maximum atomic E-state index is 12.1. The molecule has 4 nitrogen and oxygen atoms in total. The molecule has 0 bridgehead atoms. The molecule has 0 aliphatic heterocycles. The van der Waals surface area contributed by atoms with Crippen molar-refractivity contribution in [2.45, 2.75) is 206 Å². The Labute approximate surface area is 263 Å². The molecule has 0 aliphatic carbocycles. The third-order valence-corrected chi connectivity index (χ3v) is 8.34. The van der Waals surface area contributed by atoms with E-state index < -0.39 is 6.10 Å². The van der Waals surface area contributed by atoms with Crippen LogP contribution in [0, 0.1) is 0 Å². The molecule has 0 heterocycles. The van der Waals surface area contributed by atoms with Crippen LogP contribution in [0.4, 0.5) is 0 Å². The molecule has 1 N–H and O–H groups in total. The maximum absolute atomic E-state index is 12.1. The van der Waals surface area contributed by atoms with Crippen LogP contribution in [0.25, 0.3) is 0 Å². The van der Waals surface area contributed by atoms with Gasteiger partial charge in [0.1, 0.15) is 6.10 Å². The molecule has 0 saturated heterocycles. The van der Waals surface area contributed by atoms with Gasteiger partial charge < -0.3 is 14.6 Å². The van der Waals surface area contributed by atoms with Crippen LogP contribution in [0.5, 0.6) is 0 Å². The van der Waals surface area contributed by atoms with Gasteiger partial charge in [0.15, 0.2) is 0 Å². The largest absolute Gasteiger partial charge is 0.457 e. The van der Waals surface area contributed by atoms with E-state index in [1.165, 1.54) is 161 Å². The third kappa shape index (κ3) is 33.6. The fraction of sp³-hybridized carbons (Fsp3) is 0.921. The third-order valence-electron chi connectivity index (χ3n) is 8.34. The molecule has 250 valence electrons. The van der Waals surface area contributed by atoms with Crippen molar-refractivity contribution in [3.63, 3.8) is 0 Å². The number of aliphatic hydroxyl groups is 1. The summed E-state index contributed by atoms with van der Waals surface area (Å²) in [5.74, 6) is -0.200. The van der Waals surface area contributed by atoms with Crippen molar-refractivity contribution in [3.05, 3.63) is 12.2 Å². The molecule has 0 amide bonds. The van der Waals surface area contributed by atoms with Gasteiger partial charge in [0.2, 0.25) is 0 Å². The highest BCUT2D eigenvalue weighted by atomic mass is 16.6. The summed E-state index contributed by atoms with van der Waals surface area (Å²) in [6.07, 6.45) is 41.1. The average molecular weight is 595 g/mol. The summed E-state index contributed by atoms with van der Waals surface area (Å²) in [6.45, 7) is 5.35. The van der Waals surface area contributed by atoms with Gasteiger partial charge in [-0.1, -0.05) is 167 Å². The van der Waals surface area contributed by atoms with Gasteiger partial charge in [-0.3, -0.25) is 4.79 Å². The van der Waals surface area contributed by atoms with Crippen molar-refractivity contribution in [2.24, 2.45) is 0 Å². The highest BCUT2D eigenvalue weighted by Gasteiger charge is 2.13. The Kier molecular flexibility index (Phi) is 35.6. The first-order valence-electron chi connectivity index (χ1n) is 18.8. The monoisotopic (exact) mass is 595 g/mol. The second kappa shape index (κ2) is 36.3. The topological polar surface area (TPSA) is 55.8 Å². The van der Waals surface area contributed by atoms with Crippen LogP contribution < -0.4 is 0 Å². The fourth-order valence-electron chi connectivity index (χ4n) is 5.50. The number of esters is 1. The minimum atomic E-state index is -0.529. The van der Waals surface area contributed by atoms with Crippen molar-refractivity contribution in [3.8, 4) is 0 Å². The van der Waals surface area contributed by atoms with E-state index >= 15 is 0 Å². The average Bonchev–Trinajstić information content (AvgIpc) is 3.00. The molecule has 1 unspecified atom stereocenters. The van der Waals surface area contributed by atoms with Gasteiger partial charge >= 0.3 is 5.97 Å². The highest BCUT2D eigenvalue weighted by molar-refractivity contribution is 5.69. The summed E-state index contributed by atoms with van der Waals surface area (Å²) in [5.41, 5.74) is 0. The van der Waals surface area contributed by atoms with Crippen LogP contribution in [0.2, 0.25) is 0 Å². The summed E-state index contributed by atoms with van der Waals surface area (Å²) in [5, 5.41) is 9.55. The van der Waals surface area contributed by atoms with Gasteiger partial charge in [0.05, 0.1) is 13.2 Å². The smallest absolute Gasteiger partial charge is 0.306 e. The second-order valence-electron chi connectivity index (χ2n) is 12.7. The Balaban J connectivity index is 3.41. The quantitative estimate of drug-likeness (QED) is 0.0450. The number of carbonyl (C=O) groups excluding carboxylic acids is 1. The van der Waals surface area contributed by atoms with E-state index in [4.69, 9.17) is 9.47 Å². The number of ether oxygens (including phenoxy) is 2. The zero-order valence-electron chi connectivity index (χ0n) is 28.5. The van der Waals surface area contributed by atoms with E-state index in [9.17, 15) is 9.90 Å². The molecule has 4 heteroatoms. The van der Waals surface area contributed by atoms with Crippen LogP contribution in [0.1, 0.15) is 200 Å². The lowest BCUT2D eigenvalue weighted by Gasteiger charge is -2.15. The van der Waals surface area contributed by atoms with Gasteiger partial charge in [-0.05, 0) is 38.5 Å². The van der Waals surface area contributed by atoms with Gasteiger partial charge in [-0.25, -0.2) is 0 Å². The Hall–Kier alpha value is -0.870. The van der Waals surface area contributed by atoms with E-state index in [2.05, 4.69) is 26.0 Å². The molecule has 0 aliphatic rings. The Morgan fingerprint density at radius 3 is 1.36 bits per heavy atom. The minimum absolute atomic E-state index is 0.169. The number of hydrogen-bond donors (Lipinski definition) is 1. The van der Waals surface area contributed by atoms with Crippen LogP contribution in [0.15, 0.2) is 12.2 Å². The lowest BCUT2D eigenvalue weighted by atomic mass is 10.0. The van der Waals surface area contributed by atoms with E-state index in [1.807, 2.05) is 0 Å². The number of rotatable bonds is 35. The van der Waals surface area contributed by atoms with Gasteiger partial charge in [0.25, 0.3) is 0 Å². The van der Waals surface area contributed by atoms with Crippen LogP contribution >= 0.6 is 0 Å². The lowest BCUT2D eigenvalue weighted by molar-refractivity contribution is -0.154.